The van der Waals surface area contributed by atoms with E-state index in [2.05, 4.69) is 36.4 Å². The first-order chi connectivity index (χ1) is 8.40. The van der Waals surface area contributed by atoms with Gasteiger partial charge in [0.2, 0.25) is 11.0 Å². The highest BCUT2D eigenvalue weighted by Crippen LogP contribution is 2.35. The van der Waals surface area contributed by atoms with Crippen LogP contribution in [0.4, 0.5) is 5.13 Å². The lowest BCUT2D eigenvalue weighted by atomic mass is 9.80. The number of aromatic nitrogens is 2. The number of anilines is 1. The maximum absolute atomic E-state index is 12.0. The van der Waals surface area contributed by atoms with Crippen molar-refractivity contribution >= 4 is 22.4 Å². The van der Waals surface area contributed by atoms with Crippen LogP contribution in [0.2, 0.25) is 0 Å². The molecule has 0 radical (unpaired) electrons. The second-order valence-electron chi connectivity index (χ2n) is 5.69. The summed E-state index contributed by atoms with van der Waals surface area (Å²) in [6, 6.07) is 0. The minimum Gasteiger partial charge on any atom is -0.336 e. The summed E-state index contributed by atoms with van der Waals surface area (Å²) in [6.07, 6.45) is 0.629. The molecule has 6 nitrogen and oxygen atoms in total. The first-order valence-corrected chi connectivity index (χ1v) is 6.78. The number of nitrogens with two attached hydrogens (primary N) is 1. The first kappa shape index (κ1) is 13.2. The molecule has 1 fully saturated rings. The number of hydrogen-bond donors (Lipinski definition) is 2. The Balaban J connectivity index is 2.00. The van der Waals surface area contributed by atoms with Crippen LogP contribution in [0.15, 0.2) is 0 Å². The zero-order valence-corrected chi connectivity index (χ0v) is 11.8. The van der Waals surface area contributed by atoms with Crippen molar-refractivity contribution in [2.24, 2.45) is 17.2 Å². The fourth-order valence-electron chi connectivity index (χ4n) is 2.04. The lowest BCUT2D eigenvalue weighted by Crippen LogP contribution is -2.27. The zero-order valence-electron chi connectivity index (χ0n) is 10.9. The van der Waals surface area contributed by atoms with E-state index < -0.39 is 0 Å². The fraction of sp³-hybridized carbons (Fsp3) is 0.727. The highest BCUT2D eigenvalue weighted by molar-refractivity contribution is 7.15. The molecule has 3 N–H and O–H groups in total. The van der Waals surface area contributed by atoms with Crippen molar-refractivity contribution in [3.05, 3.63) is 5.01 Å². The Labute approximate surface area is 111 Å². The van der Waals surface area contributed by atoms with Crippen LogP contribution in [0, 0.1) is 11.3 Å². The fourth-order valence-corrected chi connectivity index (χ4v) is 2.71. The van der Waals surface area contributed by atoms with Crippen molar-refractivity contribution in [2.75, 3.05) is 12.0 Å². The molecule has 2 heterocycles. The smallest absolute Gasteiger partial charge is 0.223 e. The van der Waals surface area contributed by atoms with E-state index in [0.717, 1.165) is 11.6 Å². The monoisotopic (exact) mass is 269 g/mol. The topological polar surface area (TPSA) is 84.1 Å². The maximum Gasteiger partial charge on any atom is 0.223 e. The molecule has 1 unspecified atom stereocenters. The van der Waals surface area contributed by atoms with Gasteiger partial charge in [0.15, 0.2) is 0 Å². The van der Waals surface area contributed by atoms with Crippen LogP contribution in [0.25, 0.3) is 0 Å². The number of rotatable bonds is 3. The van der Waals surface area contributed by atoms with Crippen molar-refractivity contribution in [2.45, 2.75) is 33.7 Å². The van der Waals surface area contributed by atoms with Crippen molar-refractivity contribution in [1.82, 2.24) is 15.1 Å². The second-order valence-corrected chi connectivity index (χ2v) is 6.75. The molecule has 0 spiro atoms. The van der Waals surface area contributed by atoms with E-state index in [4.69, 9.17) is 5.84 Å². The Bertz CT molecular complexity index is 439. The molecule has 1 amide bonds. The maximum atomic E-state index is 12.0. The minimum atomic E-state index is 0.162. The highest BCUT2D eigenvalue weighted by atomic mass is 32.1. The van der Waals surface area contributed by atoms with Gasteiger partial charge in [0.25, 0.3) is 0 Å². The third kappa shape index (κ3) is 2.78. The summed E-state index contributed by atoms with van der Waals surface area (Å²) in [7, 11) is 0. The Morgan fingerprint density at radius 3 is 2.72 bits per heavy atom. The van der Waals surface area contributed by atoms with Crippen molar-refractivity contribution in [3.63, 3.8) is 0 Å². The average Bonchev–Trinajstić information content (AvgIpc) is 2.86. The van der Waals surface area contributed by atoms with Crippen molar-refractivity contribution in [1.29, 1.82) is 0 Å². The van der Waals surface area contributed by atoms with E-state index in [-0.39, 0.29) is 11.3 Å². The molecule has 1 aromatic heterocycles. The average molecular weight is 269 g/mol. The molecule has 0 saturated carbocycles. The zero-order chi connectivity index (χ0) is 13.3. The van der Waals surface area contributed by atoms with Gasteiger partial charge in [0, 0.05) is 13.0 Å². The van der Waals surface area contributed by atoms with Crippen LogP contribution in [0.3, 0.4) is 0 Å². The second kappa shape index (κ2) is 4.81. The lowest BCUT2D eigenvalue weighted by Gasteiger charge is -2.26. The Hall–Kier alpha value is -1.21. The van der Waals surface area contributed by atoms with Gasteiger partial charge in [-0.25, -0.2) is 5.84 Å². The summed E-state index contributed by atoms with van der Waals surface area (Å²) in [6.45, 7) is 7.86. The van der Waals surface area contributed by atoms with E-state index >= 15 is 0 Å². The number of carbonyl (C=O) groups excluding carboxylic acids is 1. The molecule has 18 heavy (non-hydrogen) atoms. The van der Waals surface area contributed by atoms with Gasteiger partial charge in [-0.05, 0) is 11.3 Å². The molecule has 2 rings (SSSR count). The lowest BCUT2D eigenvalue weighted by molar-refractivity contribution is -0.128. The Morgan fingerprint density at radius 2 is 2.22 bits per heavy atom. The van der Waals surface area contributed by atoms with Crippen LogP contribution in [-0.4, -0.2) is 27.5 Å². The number of nitrogen functional groups attached to an aromatic ring is 1. The number of nitrogens with one attached hydrogen (secondary N) is 1. The summed E-state index contributed by atoms with van der Waals surface area (Å²) in [5.41, 5.74) is 2.62. The van der Waals surface area contributed by atoms with Crippen LogP contribution in [0.5, 0.6) is 0 Å². The van der Waals surface area contributed by atoms with Gasteiger partial charge in [-0.15, -0.1) is 10.2 Å². The van der Waals surface area contributed by atoms with Crippen LogP contribution in [-0.2, 0) is 11.3 Å². The predicted molar refractivity (Wildman–Crippen MR) is 70.7 cm³/mol. The highest BCUT2D eigenvalue weighted by Gasteiger charge is 2.36. The van der Waals surface area contributed by atoms with Crippen molar-refractivity contribution < 1.29 is 4.79 Å². The Kier molecular flexibility index (Phi) is 3.54. The molecular formula is C11H19N5OS. The normalized spacial score (nSPS) is 20.6. The quantitative estimate of drug-likeness (QED) is 0.636. The summed E-state index contributed by atoms with van der Waals surface area (Å²) in [5, 5.41) is 9.25. The number of nitrogens with zero attached hydrogens (tertiary/aromatic N) is 3. The number of amides is 1. The SMILES string of the molecule is CC(C)(C)C1CC(=O)N(Cc2nnc(NN)s2)C1. The Morgan fingerprint density at radius 1 is 1.50 bits per heavy atom. The van der Waals surface area contributed by atoms with Crippen LogP contribution >= 0.6 is 11.3 Å². The molecule has 0 aliphatic carbocycles. The van der Waals surface area contributed by atoms with Crippen LogP contribution in [0.1, 0.15) is 32.2 Å². The minimum absolute atomic E-state index is 0.162. The summed E-state index contributed by atoms with van der Waals surface area (Å²) in [4.78, 5) is 13.8. The molecule has 1 aliphatic rings. The summed E-state index contributed by atoms with van der Waals surface area (Å²) >= 11 is 1.38. The molecule has 7 heteroatoms. The first-order valence-electron chi connectivity index (χ1n) is 5.97. The molecule has 0 aromatic carbocycles. The van der Waals surface area contributed by atoms with Crippen molar-refractivity contribution in [3.8, 4) is 0 Å². The number of hydrazine groups is 1. The molecule has 1 atom stereocenters. The number of likely N-dealkylation sites (tertiary alicyclic amines) is 1. The van der Waals surface area contributed by atoms with Gasteiger partial charge in [-0.1, -0.05) is 32.1 Å². The van der Waals surface area contributed by atoms with Gasteiger partial charge in [0.05, 0.1) is 6.54 Å². The molecule has 1 saturated heterocycles. The molecule has 0 bridgehead atoms. The van der Waals surface area contributed by atoms with Crippen LogP contribution < -0.4 is 11.3 Å². The van der Waals surface area contributed by atoms with Gasteiger partial charge in [-0.3, -0.25) is 10.2 Å². The molecule has 1 aliphatic heterocycles. The number of hydrogen-bond acceptors (Lipinski definition) is 6. The third-order valence-corrected chi connectivity index (χ3v) is 4.19. The van der Waals surface area contributed by atoms with E-state index in [1.54, 1.807) is 0 Å². The molecule has 100 valence electrons. The predicted octanol–water partition coefficient (Wildman–Crippen LogP) is 1.22. The van der Waals surface area contributed by atoms with Gasteiger partial charge >= 0.3 is 0 Å². The van der Waals surface area contributed by atoms with Gasteiger partial charge in [0.1, 0.15) is 5.01 Å². The standard InChI is InChI=1S/C11H19N5OS/c1-11(2,3)7-4-9(17)16(5-7)6-8-14-15-10(13-12)18-8/h7H,4-6,12H2,1-3H3,(H,13,15). The van der Waals surface area contributed by atoms with Gasteiger partial charge < -0.3 is 4.90 Å². The third-order valence-electron chi connectivity index (χ3n) is 3.36. The van der Waals surface area contributed by atoms with E-state index in [9.17, 15) is 4.79 Å². The molecule has 1 aromatic rings. The largest absolute Gasteiger partial charge is 0.336 e. The molecular weight excluding hydrogens is 250 g/mol. The van der Waals surface area contributed by atoms with E-state index in [0.29, 0.717) is 24.0 Å². The summed E-state index contributed by atoms with van der Waals surface area (Å²) < 4.78 is 0. The van der Waals surface area contributed by atoms with E-state index in [1.807, 2.05) is 4.90 Å². The number of carbonyl (C=O) groups is 1. The van der Waals surface area contributed by atoms with E-state index in [1.165, 1.54) is 11.3 Å². The summed E-state index contributed by atoms with van der Waals surface area (Å²) in [5.74, 6) is 5.86. The van der Waals surface area contributed by atoms with Gasteiger partial charge in [-0.2, -0.15) is 0 Å².